The van der Waals surface area contributed by atoms with Gasteiger partial charge in [0.15, 0.2) is 0 Å². The largest absolute Gasteiger partial charge is 0.398 e. The quantitative estimate of drug-likeness (QED) is 0.594. The lowest BCUT2D eigenvalue weighted by Crippen LogP contribution is -1.86. The molecule has 0 radical (unpaired) electrons. The van der Waals surface area contributed by atoms with E-state index in [0.717, 1.165) is 21.0 Å². The van der Waals surface area contributed by atoms with Gasteiger partial charge in [-0.25, -0.2) is 0 Å². The van der Waals surface area contributed by atoms with Crippen molar-refractivity contribution < 1.29 is 0 Å². The van der Waals surface area contributed by atoms with Gasteiger partial charge in [-0.05, 0) is 18.4 Å². The molecule has 0 saturated heterocycles. The molecule has 68 valence electrons. The minimum atomic E-state index is 0.791. The van der Waals surface area contributed by atoms with Gasteiger partial charge < -0.3 is 5.73 Å². The molecule has 0 unspecified atom stereocenters. The number of halogens is 1. The lowest BCUT2D eigenvalue weighted by Gasteiger charge is -2.01. The van der Waals surface area contributed by atoms with Gasteiger partial charge in [0.2, 0.25) is 0 Å². The number of fused-ring (bicyclic) bond motifs is 1. The monoisotopic (exact) mass is 229 g/mol. The van der Waals surface area contributed by atoms with Crippen LogP contribution in [-0.4, -0.2) is 6.26 Å². The van der Waals surface area contributed by atoms with E-state index in [1.807, 2.05) is 17.7 Å². The van der Waals surface area contributed by atoms with Crippen LogP contribution in [-0.2, 0) is 0 Å². The Bertz CT molecular complexity index is 450. The van der Waals surface area contributed by atoms with Gasteiger partial charge >= 0.3 is 0 Å². The van der Waals surface area contributed by atoms with Gasteiger partial charge in [0.1, 0.15) is 0 Å². The van der Waals surface area contributed by atoms with Crippen LogP contribution in [0.4, 0.5) is 5.69 Å². The molecule has 4 heteroatoms. The highest BCUT2D eigenvalue weighted by Crippen LogP contribution is 2.35. The number of thioether (sulfide) groups is 1. The lowest BCUT2D eigenvalue weighted by molar-refractivity contribution is 1.52. The van der Waals surface area contributed by atoms with Gasteiger partial charge in [0.25, 0.3) is 0 Å². The first-order valence-electron chi connectivity index (χ1n) is 3.72. The highest BCUT2D eigenvalue weighted by atomic mass is 35.5. The van der Waals surface area contributed by atoms with Gasteiger partial charge in [-0.15, -0.1) is 23.1 Å². The average Bonchev–Trinajstić information content (AvgIpc) is 2.47. The van der Waals surface area contributed by atoms with Crippen molar-refractivity contribution in [2.24, 2.45) is 0 Å². The van der Waals surface area contributed by atoms with E-state index in [-0.39, 0.29) is 0 Å². The molecular weight excluding hydrogens is 222 g/mol. The van der Waals surface area contributed by atoms with E-state index < -0.39 is 0 Å². The van der Waals surface area contributed by atoms with Crippen molar-refractivity contribution in [1.82, 2.24) is 0 Å². The first kappa shape index (κ1) is 9.19. The zero-order valence-corrected chi connectivity index (χ0v) is 9.39. The normalized spacial score (nSPS) is 10.9. The molecule has 2 N–H and O–H groups in total. The van der Waals surface area contributed by atoms with Crippen molar-refractivity contribution in [2.45, 2.75) is 4.90 Å². The molecule has 0 aliphatic carbocycles. The van der Waals surface area contributed by atoms with Crippen molar-refractivity contribution in [3.8, 4) is 0 Å². The second kappa shape index (κ2) is 3.40. The summed E-state index contributed by atoms with van der Waals surface area (Å²) in [5.74, 6) is 0. The Labute approximate surface area is 89.9 Å². The number of nitrogen functional groups attached to an aromatic ring is 1. The summed E-state index contributed by atoms with van der Waals surface area (Å²) < 4.78 is 1.20. The molecular formula is C9H8ClNS2. The third-order valence-electron chi connectivity index (χ3n) is 1.88. The predicted molar refractivity (Wildman–Crippen MR) is 63.0 cm³/mol. The van der Waals surface area contributed by atoms with Crippen LogP contribution in [0.25, 0.3) is 10.1 Å². The van der Waals surface area contributed by atoms with Crippen LogP contribution in [0.2, 0.25) is 5.02 Å². The summed E-state index contributed by atoms with van der Waals surface area (Å²) in [6, 6.07) is 4.03. The summed E-state index contributed by atoms with van der Waals surface area (Å²) in [4.78, 5) is 1.12. The summed E-state index contributed by atoms with van der Waals surface area (Å²) >= 11 is 9.30. The molecule has 2 aromatic rings. The van der Waals surface area contributed by atoms with Crippen molar-refractivity contribution in [1.29, 1.82) is 0 Å². The molecule has 1 aromatic heterocycles. The molecule has 0 amide bonds. The number of hydrogen-bond donors (Lipinski definition) is 1. The Morgan fingerprint density at radius 2 is 2.23 bits per heavy atom. The van der Waals surface area contributed by atoms with Crippen LogP contribution >= 0.6 is 34.7 Å². The molecule has 0 spiro atoms. The standard InChI is InChI=1S/C9H8ClNS2/c1-12-9-3-8-5(2-7(9)11)6(10)4-13-8/h2-4H,11H2,1H3. The maximum atomic E-state index is 5.99. The predicted octanol–water partition coefficient (Wildman–Crippen LogP) is 3.86. The van der Waals surface area contributed by atoms with Crippen LogP contribution in [0, 0.1) is 0 Å². The van der Waals surface area contributed by atoms with E-state index in [1.54, 1.807) is 23.1 Å². The lowest BCUT2D eigenvalue weighted by atomic mass is 10.2. The zero-order valence-electron chi connectivity index (χ0n) is 7.00. The molecule has 0 saturated carbocycles. The molecule has 0 bridgehead atoms. The van der Waals surface area contributed by atoms with Crippen LogP contribution in [0.1, 0.15) is 0 Å². The van der Waals surface area contributed by atoms with E-state index in [4.69, 9.17) is 17.3 Å². The first-order valence-corrected chi connectivity index (χ1v) is 6.21. The second-order valence-electron chi connectivity index (χ2n) is 2.67. The van der Waals surface area contributed by atoms with Crippen molar-refractivity contribution in [2.75, 3.05) is 12.0 Å². The Morgan fingerprint density at radius 1 is 1.46 bits per heavy atom. The summed E-state index contributed by atoms with van der Waals surface area (Å²) in [6.45, 7) is 0. The minimum Gasteiger partial charge on any atom is -0.398 e. The molecule has 0 aliphatic rings. The molecule has 0 atom stereocenters. The Hall–Kier alpha value is -0.380. The number of nitrogens with two attached hydrogens (primary N) is 1. The summed E-state index contributed by atoms with van der Waals surface area (Å²) in [5.41, 5.74) is 6.66. The van der Waals surface area contributed by atoms with E-state index in [9.17, 15) is 0 Å². The number of hydrogen-bond acceptors (Lipinski definition) is 3. The molecule has 1 heterocycles. The second-order valence-corrected chi connectivity index (χ2v) is 4.84. The molecule has 13 heavy (non-hydrogen) atoms. The summed E-state index contributed by atoms with van der Waals surface area (Å²) in [6.07, 6.45) is 2.02. The molecule has 1 nitrogen and oxygen atoms in total. The number of anilines is 1. The minimum absolute atomic E-state index is 0.791. The van der Waals surface area contributed by atoms with Crippen molar-refractivity contribution in [3.63, 3.8) is 0 Å². The smallest absolute Gasteiger partial charge is 0.0592 e. The van der Waals surface area contributed by atoms with E-state index in [2.05, 4.69) is 6.07 Å². The van der Waals surface area contributed by atoms with Crippen LogP contribution in [0.5, 0.6) is 0 Å². The summed E-state index contributed by atoms with van der Waals surface area (Å²) in [7, 11) is 0. The first-order chi connectivity index (χ1) is 6.22. The van der Waals surface area contributed by atoms with Crippen molar-refractivity contribution in [3.05, 3.63) is 22.5 Å². The fraction of sp³-hybridized carbons (Fsp3) is 0.111. The van der Waals surface area contributed by atoms with E-state index in [0.29, 0.717) is 0 Å². The van der Waals surface area contributed by atoms with Crippen LogP contribution in [0.3, 0.4) is 0 Å². The SMILES string of the molecule is CSc1cc2scc(Cl)c2cc1N. The fourth-order valence-corrected chi connectivity index (χ4v) is 3.01. The van der Waals surface area contributed by atoms with Gasteiger partial charge in [-0.1, -0.05) is 11.6 Å². The molecule has 0 fully saturated rings. The van der Waals surface area contributed by atoms with Gasteiger partial charge in [-0.3, -0.25) is 0 Å². The maximum Gasteiger partial charge on any atom is 0.0592 e. The van der Waals surface area contributed by atoms with Crippen LogP contribution in [0.15, 0.2) is 22.4 Å². The maximum absolute atomic E-state index is 5.99. The third kappa shape index (κ3) is 1.52. The number of thiophene rings is 1. The van der Waals surface area contributed by atoms with Gasteiger partial charge in [-0.2, -0.15) is 0 Å². The number of benzene rings is 1. The average molecular weight is 230 g/mol. The Balaban J connectivity index is 2.76. The summed E-state index contributed by atoms with van der Waals surface area (Å²) in [5, 5.41) is 3.79. The van der Waals surface area contributed by atoms with E-state index in [1.165, 1.54) is 4.70 Å². The highest BCUT2D eigenvalue weighted by Gasteiger charge is 2.05. The fourth-order valence-electron chi connectivity index (χ4n) is 1.22. The van der Waals surface area contributed by atoms with Gasteiger partial charge in [0, 0.05) is 26.0 Å². The molecule has 0 aliphatic heterocycles. The zero-order chi connectivity index (χ0) is 9.42. The Kier molecular flexibility index (Phi) is 2.41. The number of rotatable bonds is 1. The van der Waals surface area contributed by atoms with Gasteiger partial charge in [0.05, 0.1) is 5.02 Å². The molecule has 1 aromatic carbocycles. The molecule has 2 rings (SSSR count). The van der Waals surface area contributed by atoms with Crippen molar-refractivity contribution >= 4 is 50.5 Å². The topological polar surface area (TPSA) is 26.0 Å². The highest BCUT2D eigenvalue weighted by molar-refractivity contribution is 7.98. The van der Waals surface area contributed by atoms with Crippen LogP contribution < -0.4 is 5.73 Å². The Morgan fingerprint density at radius 3 is 2.92 bits per heavy atom. The third-order valence-corrected chi connectivity index (χ3v) is 4.06. The van der Waals surface area contributed by atoms with E-state index >= 15 is 0 Å².